The van der Waals surface area contributed by atoms with Crippen molar-refractivity contribution in [1.82, 2.24) is 4.90 Å². The molecule has 1 aromatic carbocycles. The maximum atomic E-state index is 12.9. The second-order valence-corrected chi connectivity index (χ2v) is 5.71. The largest absolute Gasteiger partial charge is 0.325 e. The Bertz CT molecular complexity index is 571. The van der Waals surface area contributed by atoms with E-state index in [2.05, 4.69) is 13.5 Å². The van der Waals surface area contributed by atoms with E-state index in [0.717, 1.165) is 38.8 Å². The first-order valence-corrected chi connectivity index (χ1v) is 8.03. The number of benzene rings is 1. The summed E-state index contributed by atoms with van der Waals surface area (Å²) in [5, 5.41) is 10.8. The van der Waals surface area contributed by atoms with Crippen LogP contribution in [0.15, 0.2) is 36.9 Å². The number of rotatable bonds is 6. The molecule has 0 bridgehead atoms. The van der Waals surface area contributed by atoms with Gasteiger partial charge in [-0.25, -0.2) is 4.79 Å². The Hall–Kier alpha value is -2.37. The van der Waals surface area contributed by atoms with Crippen molar-refractivity contribution in [2.75, 3.05) is 18.0 Å². The van der Waals surface area contributed by atoms with Crippen molar-refractivity contribution in [2.45, 2.75) is 38.6 Å². The van der Waals surface area contributed by atoms with Crippen LogP contribution in [-0.2, 0) is 0 Å². The third-order valence-corrected chi connectivity index (χ3v) is 4.13. The molecule has 1 aromatic rings. The molecule has 1 atom stereocenters. The SMILES string of the molecule is C=CC1CCCN(CCCC)C(=O)N1c1ccc([N+](=O)[O-])cc1. The normalized spacial score (nSPS) is 18.7. The number of nitro groups is 1. The summed E-state index contributed by atoms with van der Waals surface area (Å²) >= 11 is 0. The first kappa shape index (κ1) is 17.0. The second-order valence-electron chi connectivity index (χ2n) is 5.71. The predicted octanol–water partition coefficient (Wildman–Crippen LogP) is 3.97. The molecular weight excluding hydrogens is 294 g/mol. The van der Waals surface area contributed by atoms with Crippen molar-refractivity contribution in [2.24, 2.45) is 0 Å². The van der Waals surface area contributed by atoms with Gasteiger partial charge in [-0.2, -0.15) is 0 Å². The summed E-state index contributed by atoms with van der Waals surface area (Å²) in [7, 11) is 0. The molecule has 1 heterocycles. The molecule has 2 rings (SSSR count). The Labute approximate surface area is 136 Å². The standard InChI is InChI=1S/C17H23N3O3/c1-3-5-12-18-13-6-7-14(4-2)19(17(18)21)15-8-10-16(11-9-15)20(22)23/h4,8-11,14H,2-3,5-7,12-13H2,1H3. The van der Waals surface area contributed by atoms with E-state index in [0.29, 0.717) is 5.69 Å². The zero-order valence-electron chi connectivity index (χ0n) is 13.5. The van der Waals surface area contributed by atoms with Crippen molar-refractivity contribution in [3.8, 4) is 0 Å². The first-order chi connectivity index (χ1) is 11.1. The quantitative estimate of drug-likeness (QED) is 0.453. The summed E-state index contributed by atoms with van der Waals surface area (Å²) in [5.74, 6) is 0. The summed E-state index contributed by atoms with van der Waals surface area (Å²) < 4.78 is 0. The van der Waals surface area contributed by atoms with Gasteiger partial charge in [0.1, 0.15) is 0 Å². The molecule has 1 unspecified atom stereocenters. The van der Waals surface area contributed by atoms with E-state index < -0.39 is 4.92 Å². The predicted molar refractivity (Wildman–Crippen MR) is 90.7 cm³/mol. The molecule has 1 aliphatic rings. The maximum absolute atomic E-state index is 12.9. The molecule has 124 valence electrons. The van der Waals surface area contributed by atoms with E-state index in [1.807, 2.05) is 4.90 Å². The number of urea groups is 1. The molecule has 0 radical (unpaired) electrons. The summed E-state index contributed by atoms with van der Waals surface area (Å²) in [4.78, 5) is 26.8. The van der Waals surface area contributed by atoms with Gasteiger partial charge in [0.15, 0.2) is 0 Å². The smallest absolute Gasteiger partial charge is 0.324 e. The molecule has 6 nitrogen and oxygen atoms in total. The molecule has 0 N–H and O–H groups in total. The lowest BCUT2D eigenvalue weighted by Crippen LogP contribution is -2.45. The zero-order valence-corrected chi connectivity index (χ0v) is 13.5. The lowest BCUT2D eigenvalue weighted by molar-refractivity contribution is -0.384. The van der Waals surface area contributed by atoms with Crippen molar-refractivity contribution in [3.05, 3.63) is 47.0 Å². The lowest BCUT2D eigenvalue weighted by Gasteiger charge is -2.31. The molecule has 0 aliphatic carbocycles. The van der Waals surface area contributed by atoms with Crippen LogP contribution in [0.2, 0.25) is 0 Å². The molecule has 0 saturated carbocycles. The van der Waals surface area contributed by atoms with E-state index >= 15 is 0 Å². The highest BCUT2D eigenvalue weighted by Crippen LogP contribution is 2.27. The van der Waals surface area contributed by atoms with Crippen molar-refractivity contribution >= 4 is 17.4 Å². The number of amides is 2. The van der Waals surface area contributed by atoms with Crippen LogP contribution in [0.5, 0.6) is 0 Å². The molecule has 23 heavy (non-hydrogen) atoms. The molecule has 0 aromatic heterocycles. The van der Waals surface area contributed by atoms with Gasteiger partial charge in [0.25, 0.3) is 5.69 Å². The molecule has 1 saturated heterocycles. The molecule has 1 fully saturated rings. The van der Waals surface area contributed by atoms with Gasteiger partial charge < -0.3 is 4.90 Å². The number of unbranched alkanes of at least 4 members (excludes halogenated alkanes) is 1. The van der Waals surface area contributed by atoms with Crippen molar-refractivity contribution in [3.63, 3.8) is 0 Å². The summed E-state index contributed by atoms with van der Waals surface area (Å²) in [6.45, 7) is 7.43. The fraction of sp³-hybridized carbons (Fsp3) is 0.471. The summed E-state index contributed by atoms with van der Waals surface area (Å²) in [6, 6.07) is 6.00. The van der Waals surface area contributed by atoms with Crippen LogP contribution in [0.4, 0.5) is 16.2 Å². The van der Waals surface area contributed by atoms with Gasteiger partial charge in [-0.15, -0.1) is 6.58 Å². The minimum Gasteiger partial charge on any atom is -0.324 e. The molecular formula is C17H23N3O3. The maximum Gasteiger partial charge on any atom is 0.325 e. The van der Waals surface area contributed by atoms with Gasteiger partial charge in [0.05, 0.1) is 11.0 Å². The van der Waals surface area contributed by atoms with E-state index in [1.165, 1.54) is 12.1 Å². The molecule has 2 amide bonds. The molecule has 1 aliphatic heterocycles. The van der Waals surface area contributed by atoms with E-state index in [4.69, 9.17) is 0 Å². The number of carbonyl (C=O) groups is 1. The topological polar surface area (TPSA) is 66.7 Å². The zero-order chi connectivity index (χ0) is 16.8. The Morgan fingerprint density at radius 3 is 2.65 bits per heavy atom. The van der Waals surface area contributed by atoms with E-state index in [-0.39, 0.29) is 17.8 Å². The average Bonchev–Trinajstić information content (AvgIpc) is 2.71. The van der Waals surface area contributed by atoms with Crippen molar-refractivity contribution < 1.29 is 9.72 Å². The Morgan fingerprint density at radius 1 is 1.39 bits per heavy atom. The van der Waals surface area contributed by atoms with Crippen LogP contribution in [0.3, 0.4) is 0 Å². The van der Waals surface area contributed by atoms with E-state index in [9.17, 15) is 14.9 Å². The fourth-order valence-electron chi connectivity index (χ4n) is 2.83. The van der Waals surface area contributed by atoms with Crippen LogP contribution in [0, 0.1) is 10.1 Å². The fourth-order valence-corrected chi connectivity index (χ4v) is 2.83. The Kier molecular flexibility index (Phi) is 5.73. The highest BCUT2D eigenvalue weighted by molar-refractivity contribution is 5.93. The van der Waals surface area contributed by atoms with Crippen LogP contribution in [0.1, 0.15) is 32.6 Å². The molecule has 6 heteroatoms. The van der Waals surface area contributed by atoms with Gasteiger partial charge in [0, 0.05) is 30.9 Å². The Balaban J connectivity index is 2.30. The van der Waals surface area contributed by atoms with Crippen LogP contribution < -0.4 is 4.90 Å². The Morgan fingerprint density at radius 2 is 2.09 bits per heavy atom. The third-order valence-electron chi connectivity index (χ3n) is 4.13. The minimum absolute atomic E-state index is 0.0222. The van der Waals surface area contributed by atoms with Gasteiger partial charge in [-0.3, -0.25) is 15.0 Å². The average molecular weight is 317 g/mol. The van der Waals surface area contributed by atoms with Crippen molar-refractivity contribution in [1.29, 1.82) is 0 Å². The minimum atomic E-state index is -0.438. The highest BCUT2D eigenvalue weighted by atomic mass is 16.6. The van der Waals surface area contributed by atoms with E-state index in [1.54, 1.807) is 23.1 Å². The summed E-state index contributed by atoms with van der Waals surface area (Å²) in [6.07, 6.45) is 5.55. The first-order valence-electron chi connectivity index (χ1n) is 8.03. The van der Waals surface area contributed by atoms with Crippen LogP contribution >= 0.6 is 0 Å². The number of carbonyl (C=O) groups excluding carboxylic acids is 1. The number of hydrogen-bond acceptors (Lipinski definition) is 3. The molecule has 0 spiro atoms. The number of non-ortho nitro benzene ring substituents is 1. The number of anilines is 1. The van der Waals surface area contributed by atoms with Gasteiger partial charge in [-0.05, 0) is 31.4 Å². The lowest BCUT2D eigenvalue weighted by atomic mass is 10.1. The summed E-state index contributed by atoms with van der Waals surface area (Å²) in [5.41, 5.74) is 0.697. The van der Waals surface area contributed by atoms with Gasteiger partial charge >= 0.3 is 6.03 Å². The number of nitro benzene ring substituents is 1. The number of nitrogens with zero attached hydrogens (tertiary/aromatic N) is 3. The van der Waals surface area contributed by atoms with Gasteiger partial charge in [-0.1, -0.05) is 19.4 Å². The van der Waals surface area contributed by atoms with Gasteiger partial charge in [0.2, 0.25) is 0 Å². The monoisotopic (exact) mass is 317 g/mol. The van der Waals surface area contributed by atoms with Crippen LogP contribution in [-0.4, -0.2) is 35.0 Å². The second kappa shape index (κ2) is 7.76. The number of hydrogen-bond donors (Lipinski definition) is 0. The highest BCUT2D eigenvalue weighted by Gasteiger charge is 2.30. The third kappa shape index (κ3) is 3.88. The van der Waals surface area contributed by atoms with Crippen LogP contribution in [0.25, 0.3) is 0 Å².